The van der Waals surface area contributed by atoms with Crippen molar-refractivity contribution in [2.24, 2.45) is 0 Å². The lowest BCUT2D eigenvalue weighted by atomic mass is 10.1. The lowest BCUT2D eigenvalue weighted by molar-refractivity contribution is -0.121. The van der Waals surface area contributed by atoms with Crippen molar-refractivity contribution in [1.82, 2.24) is 5.32 Å². The summed E-state index contributed by atoms with van der Waals surface area (Å²) in [5.74, 6) is -0.324. The number of sulfonamides is 1. The third kappa shape index (κ3) is 5.92. The SMILES string of the molecule is CC(=O)c1ccc(N(CCC(=O)NCc2ccccc2C)S(C)(=O)=O)cc1. The quantitative estimate of drug-likeness (QED) is 0.705. The summed E-state index contributed by atoms with van der Waals surface area (Å²) >= 11 is 0. The molecule has 0 spiro atoms. The molecule has 2 aromatic rings. The number of Topliss-reactive ketones (excluding diaryl/α,β-unsaturated/α-hetero) is 1. The molecule has 0 aliphatic rings. The molecule has 6 nitrogen and oxygen atoms in total. The Morgan fingerprint density at radius 3 is 2.22 bits per heavy atom. The van der Waals surface area contributed by atoms with E-state index in [1.54, 1.807) is 24.3 Å². The number of rotatable bonds is 8. The molecule has 0 aromatic heterocycles. The van der Waals surface area contributed by atoms with Gasteiger partial charge in [-0.3, -0.25) is 13.9 Å². The molecule has 2 aromatic carbocycles. The van der Waals surface area contributed by atoms with E-state index in [2.05, 4.69) is 5.32 Å². The Hall–Kier alpha value is -2.67. The Morgan fingerprint density at radius 1 is 1.04 bits per heavy atom. The van der Waals surface area contributed by atoms with E-state index >= 15 is 0 Å². The number of benzene rings is 2. The van der Waals surface area contributed by atoms with Crippen LogP contribution < -0.4 is 9.62 Å². The highest BCUT2D eigenvalue weighted by molar-refractivity contribution is 7.92. The van der Waals surface area contributed by atoms with Crippen LogP contribution in [0.1, 0.15) is 34.8 Å². The highest BCUT2D eigenvalue weighted by Gasteiger charge is 2.19. The Kier molecular flexibility index (Phi) is 6.74. The molecule has 0 aliphatic heterocycles. The second-order valence-electron chi connectivity index (χ2n) is 6.39. The molecule has 0 aliphatic carbocycles. The molecule has 7 heteroatoms. The van der Waals surface area contributed by atoms with E-state index in [0.29, 0.717) is 17.8 Å². The van der Waals surface area contributed by atoms with Crippen LogP contribution in [-0.4, -0.2) is 32.9 Å². The highest BCUT2D eigenvalue weighted by Crippen LogP contribution is 2.19. The first-order chi connectivity index (χ1) is 12.7. The van der Waals surface area contributed by atoms with E-state index < -0.39 is 10.0 Å². The average Bonchev–Trinajstić information content (AvgIpc) is 2.60. The van der Waals surface area contributed by atoms with Gasteiger partial charge in [0.2, 0.25) is 15.9 Å². The maximum absolute atomic E-state index is 12.2. The van der Waals surface area contributed by atoms with Gasteiger partial charge in [-0.05, 0) is 49.2 Å². The summed E-state index contributed by atoms with van der Waals surface area (Å²) in [6.45, 7) is 3.84. The summed E-state index contributed by atoms with van der Waals surface area (Å²) in [5, 5.41) is 2.82. The first-order valence-corrected chi connectivity index (χ1v) is 10.4. The van der Waals surface area contributed by atoms with Crippen molar-refractivity contribution in [3.63, 3.8) is 0 Å². The first kappa shape index (κ1) is 20.6. The van der Waals surface area contributed by atoms with Crippen LogP contribution in [-0.2, 0) is 21.4 Å². The second-order valence-corrected chi connectivity index (χ2v) is 8.30. The zero-order valence-electron chi connectivity index (χ0n) is 15.7. The van der Waals surface area contributed by atoms with E-state index in [9.17, 15) is 18.0 Å². The minimum Gasteiger partial charge on any atom is -0.352 e. The number of anilines is 1. The van der Waals surface area contributed by atoms with Gasteiger partial charge in [0.15, 0.2) is 5.78 Å². The van der Waals surface area contributed by atoms with Gasteiger partial charge in [0.05, 0.1) is 11.9 Å². The summed E-state index contributed by atoms with van der Waals surface area (Å²) in [6.07, 6.45) is 1.13. The molecule has 0 bridgehead atoms. The summed E-state index contributed by atoms with van der Waals surface area (Å²) in [7, 11) is -3.55. The Morgan fingerprint density at radius 2 is 1.67 bits per heavy atom. The minimum atomic E-state index is -3.55. The molecule has 0 heterocycles. The number of ketones is 1. The molecule has 0 radical (unpaired) electrons. The fourth-order valence-electron chi connectivity index (χ4n) is 2.64. The monoisotopic (exact) mass is 388 g/mol. The normalized spacial score (nSPS) is 11.1. The Balaban J connectivity index is 2.01. The molecule has 0 saturated carbocycles. The zero-order valence-corrected chi connectivity index (χ0v) is 16.5. The summed E-state index contributed by atoms with van der Waals surface area (Å²) in [6, 6.07) is 14.0. The number of nitrogens with one attached hydrogen (secondary N) is 1. The second kappa shape index (κ2) is 8.81. The number of carbonyl (C=O) groups excluding carboxylic acids is 2. The van der Waals surface area contributed by atoms with Gasteiger partial charge in [-0.2, -0.15) is 0 Å². The van der Waals surface area contributed by atoms with Crippen LogP contribution in [0.4, 0.5) is 5.69 Å². The fraction of sp³-hybridized carbons (Fsp3) is 0.300. The molecule has 0 unspecified atom stereocenters. The fourth-order valence-corrected chi connectivity index (χ4v) is 3.57. The van der Waals surface area contributed by atoms with Crippen LogP contribution >= 0.6 is 0 Å². The van der Waals surface area contributed by atoms with Crippen molar-refractivity contribution < 1.29 is 18.0 Å². The average molecular weight is 388 g/mol. The van der Waals surface area contributed by atoms with Crippen LogP contribution in [0.25, 0.3) is 0 Å². The van der Waals surface area contributed by atoms with Gasteiger partial charge in [-0.1, -0.05) is 24.3 Å². The molecule has 0 atom stereocenters. The van der Waals surface area contributed by atoms with Crippen molar-refractivity contribution in [1.29, 1.82) is 0 Å². The predicted octanol–water partition coefficient (Wildman–Crippen LogP) is 2.67. The molecule has 0 fully saturated rings. The molecule has 1 N–H and O–H groups in total. The number of amides is 1. The predicted molar refractivity (Wildman–Crippen MR) is 106 cm³/mol. The van der Waals surface area contributed by atoms with Crippen LogP contribution in [0, 0.1) is 6.92 Å². The van der Waals surface area contributed by atoms with Gasteiger partial charge >= 0.3 is 0 Å². The lowest BCUT2D eigenvalue weighted by Gasteiger charge is -2.22. The third-order valence-corrected chi connectivity index (χ3v) is 5.44. The van der Waals surface area contributed by atoms with Crippen molar-refractivity contribution in [2.45, 2.75) is 26.8 Å². The molecule has 2 rings (SSSR count). The molecule has 27 heavy (non-hydrogen) atoms. The summed E-state index contributed by atoms with van der Waals surface area (Å²) in [4.78, 5) is 23.5. The van der Waals surface area contributed by atoms with Crippen molar-refractivity contribution in [2.75, 3.05) is 17.1 Å². The molecular formula is C20H24N2O4S. The summed E-state index contributed by atoms with van der Waals surface area (Å²) in [5.41, 5.74) is 3.03. The van der Waals surface area contributed by atoms with E-state index in [1.807, 2.05) is 31.2 Å². The van der Waals surface area contributed by atoms with Gasteiger partial charge in [0.1, 0.15) is 0 Å². The molecular weight excluding hydrogens is 364 g/mol. The molecule has 1 amide bonds. The number of hydrogen-bond acceptors (Lipinski definition) is 4. The first-order valence-electron chi connectivity index (χ1n) is 8.58. The number of carbonyl (C=O) groups is 2. The van der Waals surface area contributed by atoms with E-state index in [0.717, 1.165) is 17.4 Å². The number of aryl methyl sites for hydroxylation is 1. The topological polar surface area (TPSA) is 83.6 Å². The molecule has 144 valence electrons. The maximum atomic E-state index is 12.2. The standard InChI is InChI=1S/C20H24N2O4S/c1-15-6-4-5-7-18(15)14-21-20(24)12-13-22(27(3,25)26)19-10-8-17(9-11-19)16(2)23/h4-11H,12-14H2,1-3H3,(H,21,24). The van der Waals surface area contributed by atoms with E-state index in [1.165, 1.54) is 11.2 Å². The van der Waals surface area contributed by atoms with Crippen LogP contribution in [0.3, 0.4) is 0 Å². The zero-order chi connectivity index (χ0) is 20.0. The number of nitrogens with zero attached hydrogens (tertiary/aromatic N) is 1. The molecule has 0 saturated heterocycles. The van der Waals surface area contributed by atoms with E-state index in [-0.39, 0.29) is 24.7 Å². The van der Waals surface area contributed by atoms with Crippen molar-refractivity contribution >= 4 is 27.4 Å². The van der Waals surface area contributed by atoms with Gasteiger partial charge < -0.3 is 5.32 Å². The smallest absolute Gasteiger partial charge is 0.232 e. The van der Waals surface area contributed by atoms with Gasteiger partial charge in [0.25, 0.3) is 0 Å². The third-order valence-electron chi connectivity index (χ3n) is 4.24. The van der Waals surface area contributed by atoms with Gasteiger partial charge in [-0.15, -0.1) is 0 Å². The van der Waals surface area contributed by atoms with Crippen LogP contribution in [0.15, 0.2) is 48.5 Å². The summed E-state index contributed by atoms with van der Waals surface area (Å²) < 4.78 is 25.4. The lowest BCUT2D eigenvalue weighted by Crippen LogP contribution is -2.34. The van der Waals surface area contributed by atoms with Crippen molar-refractivity contribution in [3.05, 3.63) is 65.2 Å². The minimum absolute atomic E-state index is 0.0257. The van der Waals surface area contributed by atoms with Crippen LogP contribution in [0.5, 0.6) is 0 Å². The maximum Gasteiger partial charge on any atom is 0.232 e. The Bertz CT molecular complexity index is 921. The largest absolute Gasteiger partial charge is 0.352 e. The van der Waals surface area contributed by atoms with Gasteiger partial charge in [0, 0.05) is 25.1 Å². The van der Waals surface area contributed by atoms with Crippen molar-refractivity contribution in [3.8, 4) is 0 Å². The Labute approximate surface area is 160 Å². The number of hydrogen-bond donors (Lipinski definition) is 1. The van der Waals surface area contributed by atoms with Crippen LogP contribution in [0.2, 0.25) is 0 Å². The highest BCUT2D eigenvalue weighted by atomic mass is 32.2. The van der Waals surface area contributed by atoms with E-state index in [4.69, 9.17) is 0 Å². The van der Waals surface area contributed by atoms with Gasteiger partial charge in [-0.25, -0.2) is 8.42 Å².